The standard InChI is InChI=1S/C10H9Cl2NO2/c11-7-3-1-4-8(12)9(7)10(14)13-5-2-6-15-13/h1,3-4H,2,5-6H2. The van der Waals surface area contributed by atoms with E-state index >= 15 is 0 Å². The quantitative estimate of drug-likeness (QED) is 0.762. The van der Waals surface area contributed by atoms with Crippen LogP contribution in [0.5, 0.6) is 0 Å². The molecule has 0 aliphatic carbocycles. The number of hydrogen-bond acceptors (Lipinski definition) is 2. The van der Waals surface area contributed by atoms with E-state index in [1.54, 1.807) is 18.2 Å². The highest BCUT2D eigenvalue weighted by Crippen LogP contribution is 2.26. The smallest absolute Gasteiger partial charge is 0.271 e. The molecule has 0 aromatic heterocycles. The zero-order chi connectivity index (χ0) is 10.8. The van der Waals surface area contributed by atoms with Crippen molar-refractivity contribution in [2.24, 2.45) is 0 Å². The molecule has 80 valence electrons. The van der Waals surface area contributed by atoms with Crippen LogP contribution < -0.4 is 0 Å². The summed E-state index contributed by atoms with van der Waals surface area (Å²) in [6, 6.07) is 4.97. The third-order valence-corrected chi connectivity index (χ3v) is 2.79. The molecule has 1 amide bonds. The molecule has 3 nitrogen and oxygen atoms in total. The van der Waals surface area contributed by atoms with Crippen molar-refractivity contribution in [2.45, 2.75) is 6.42 Å². The normalized spacial score (nSPS) is 15.7. The highest BCUT2D eigenvalue weighted by atomic mass is 35.5. The van der Waals surface area contributed by atoms with Crippen LogP contribution >= 0.6 is 23.2 Å². The van der Waals surface area contributed by atoms with Crippen LogP contribution in [0.2, 0.25) is 10.0 Å². The molecule has 1 fully saturated rings. The van der Waals surface area contributed by atoms with Gasteiger partial charge < -0.3 is 0 Å². The van der Waals surface area contributed by atoms with E-state index in [0.29, 0.717) is 28.8 Å². The van der Waals surface area contributed by atoms with Gasteiger partial charge in [-0.2, -0.15) is 0 Å². The summed E-state index contributed by atoms with van der Waals surface area (Å²) in [7, 11) is 0. The first kappa shape index (κ1) is 10.7. The minimum Gasteiger partial charge on any atom is -0.271 e. The van der Waals surface area contributed by atoms with Gasteiger partial charge in [0, 0.05) is 0 Å². The Morgan fingerprint density at radius 3 is 2.53 bits per heavy atom. The van der Waals surface area contributed by atoms with Gasteiger partial charge in [0.15, 0.2) is 0 Å². The van der Waals surface area contributed by atoms with Gasteiger partial charge in [-0.15, -0.1) is 0 Å². The molecular weight excluding hydrogens is 237 g/mol. The van der Waals surface area contributed by atoms with Crippen molar-refractivity contribution in [3.05, 3.63) is 33.8 Å². The van der Waals surface area contributed by atoms with Crippen LogP contribution in [0.3, 0.4) is 0 Å². The van der Waals surface area contributed by atoms with Crippen LogP contribution in [-0.2, 0) is 4.84 Å². The zero-order valence-corrected chi connectivity index (χ0v) is 9.38. The minimum absolute atomic E-state index is 0.275. The van der Waals surface area contributed by atoms with Crippen molar-refractivity contribution in [3.63, 3.8) is 0 Å². The van der Waals surface area contributed by atoms with Crippen LogP contribution in [0.1, 0.15) is 16.8 Å². The van der Waals surface area contributed by atoms with Crippen molar-refractivity contribution in [2.75, 3.05) is 13.2 Å². The van der Waals surface area contributed by atoms with Crippen LogP contribution in [-0.4, -0.2) is 24.1 Å². The van der Waals surface area contributed by atoms with Gasteiger partial charge in [-0.3, -0.25) is 9.63 Å². The lowest BCUT2D eigenvalue weighted by Gasteiger charge is -2.15. The average molecular weight is 246 g/mol. The molecule has 1 heterocycles. The molecule has 0 atom stereocenters. The van der Waals surface area contributed by atoms with E-state index in [2.05, 4.69) is 0 Å². The number of amides is 1. The first-order valence-electron chi connectivity index (χ1n) is 4.59. The molecule has 1 saturated heterocycles. The summed E-state index contributed by atoms with van der Waals surface area (Å²) in [4.78, 5) is 17.1. The molecular formula is C10H9Cl2NO2. The molecule has 2 rings (SSSR count). The molecule has 0 N–H and O–H groups in total. The number of benzene rings is 1. The molecule has 15 heavy (non-hydrogen) atoms. The number of halogens is 2. The summed E-state index contributed by atoms with van der Waals surface area (Å²) in [5.41, 5.74) is 0.308. The molecule has 0 unspecified atom stereocenters. The van der Waals surface area contributed by atoms with E-state index in [0.717, 1.165) is 6.42 Å². The Labute approximate surface area is 97.5 Å². The SMILES string of the molecule is O=C(c1c(Cl)cccc1Cl)N1CCCO1. The highest BCUT2D eigenvalue weighted by Gasteiger charge is 2.24. The average Bonchev–Trinajstić information content (AvgIpc) is 2.69. The second kappa shape index (κ2) is 4.39. The number of rotatable bonds is 1. The molecule has 1 aromatic rings. The van der Waals surface area contributed by atoms with E-state index in [1.165, 1.54) is 5.06 Å². The minimum atomic E-state index is -0.275. The maximum Gasteiger partial charge on any atom is 0.280 e. The van der Waals surface area contributed by atoms with Gasteiger partial charge in [0.05, 0.1) is 28.8 Å². The van der Waals surface area contributed by atoms with E-state index < -0.39 is 0 Å². The van der Waals surface area contributed by atoms with Gasteiger partial charge in [0.1, 0.15) is 0 Å². The van der Waals surface area contributed by atoms with Crippen LogP contribution in [0.15, 0.2) is 18.2 Å². The number of hydroxylamine groups is 2. The van der Waals surface area contributed by atoms with Crippen molar-refractivity contribution in [3.8, 4) is 0 Å². The number of carbonyl (C=O) groups is 1. The fourth-order valence-electron chi connectivity index (χ4n) is 1.43. The van der Waals surface area contributed by atoms with Crippen LogP contribution in [0.4, 0.5) is 0 Å². The molecule has 1 aliphatic heterocycles. The zero-order valence-electron chi connectivity index (χ0n) is 7.87. The lowest BCUT2D eigenvalue weighted by atomic mass is 10.2. The fourth-order valence-corrected chi connectivity index (χ4v) is 1.99. The molecule has 0 spiro atoms. The largest absolute Gasteiger partial charge is 0.280 e. The molecule has 5 heteroatoms. The topological polar surface area (TPSA) is 29.5 Å². The Bertz CT molecular complexity index is 369. The Morgan fingerprint density at radius 1 is 1.33 bits per heavy atom. The van der Waals surface area contributed by atoms with Gasteiger partial charge in [0.2, 0.25) is 0 Å². The van der Waals surface area contributed by atoms with E-state index in [1.807, 2.05) is 0 Å². The summed E-state index contributed by atoms with van der Waals surface area (Å²) in [6.07, 6.45) is 0.841. The molecule has 1 aromatic carbocycles. The van der Waals surface area contributed by atoms with Gasteiger partial charge in [-0.05, 0) is 18.6 Å². The third-order valence-electron chi connectivity index (χ3n) is 2.16. The first-order chi connectivity index (χ1) is 7.20. The van der Waals surface area contributed by atoms with Crippen LogP contribution in [0, 0.1) is 0 Å². The van der Waals surface area contributed by atoms with E-state index in [9.17, 15) is 4.79 Å². The summed E-state index contributed by atoms with van der Waals surface area (Å²) in [5, 5.41) is 2.00. The Morgan fingerprint density at radius 2 is 2.00 bits per heavy atom. The fraction of sp³-hybridized carbons (Fsp3) is 0.300. The van der Waals surface area contributed by atoms with Gasteiger partial charge in [-0.25, -0.2) is 5.06 Å². The summed E-state index contributed by atoms with van der Waals surface area (Å²) < 4.78 is 0. The van der Waals surface area contributed by atoms with Crippen molar-refractivity contribution in [1.82, 2.24) is 5.06 Å². The number of hydrogen-bond donors (Lipinski definition) is 0. The van der Waals surface area contributed by atoms with Gasteiger partial charge in [0.25, 0.3) is 5.91 Å². The molecule has 0 radical (unpaired) electrons. The van der Waals surface area contributed by atoms with Crippen molar-refractivity contribution in [1.29, 1.82) is 0 Å². The Hall–Kier alpha value is -0.770. The van der Waals surface area contributed by atoms with E-state index in [4.69, 9.17) is 28.0 Å². The summed E-state index contributed by atoms with van der Waals surface area (Å²) >= 11 is 11.8. The highest BCUT2D eigenvalue weighted by molar-refractivity contribution is 6.39. The number of nitrogens with zero attached hydrogens (tertiary/aromatic N) is 1. The van der Waals surface area contributed by atoms with Gasteiger partial charge >= 0.3 is 0 Å². The monoisotopic (exact) mass is 245 g/mol. The maximum absolute atomic E-state index is 11.9. The molecule has 1 aliphatic rings. The number of carbonyl (C=O) groups excluding carboxylic acids is 1. The van der Waals surface area contributed by atoms with Crippen LogP contribution in [0.25, 0.3) is 0 Å². The molecule has 0 bridgehead atoms. The predicted octanol–water partition coefficient (Wildman–Crippen LogP) is 2.77. The van der Waals surface area contributed by atoms with Crippen molar-refractivity contribution >= 4 is 29.1 Å². The van der Waals surface area contributed by atoms with E-state index in [-0.39, 0.29) is 5.91 Å². The second-order valence-corrected chi connectivity index (χ2v) is 4.01. The lowest BCUT2D eigenvalue weighted by Crippen LogP contribution is -2.27. The predicted molar refractivity (Wildman–Crippen MR) is 58.1 cm³/mol. The first-order valence-corrected chi connectivity index (χ1v) is 5.34. The lowest BCUT2D eigenvalue weighted by molar-refractivity contribution is -0.0768. The second-order valence-electron chi connectivity index (χ2n) is 3.19. The Kier molecular flexibility index (Phi) is 3.14. The molecule has 0 saturated carbocycles. The Balaban J connectivity index is 2.32. The summed E-state index contributed by atoms with van der Waals surface area (Å²) in [5.74, 6) is -0.275. The van der Waals surface area contributed by atoms with Gasteiger partial charge in [-0.1, -0.05) is 29.3 Å². The van der Waals surface area contributed by atoms with Crippen molar-refractivity contribution < 1.29 is 9.63 Å². The summed E-state index contributed by atoms with van der Waals surface area (Å²) in [6.45, 7) is 1.15. The third kappa shape index (κ3) is 2.09. The maximum atomic E-state index is 11.9.